The Labute approximate surface area is 186 Å². The lowest BCUT2D eigenvalue weighted by molar-refractivity contribution is 0.116. The standard InChI is InChI=1S/C24H25NO3S2/c26-23(18-30-21-14-8-3-9-15-21)22(17-29-20-12-6-2-7-13-20)25-24(27)28-16-19-10-4-1-5-11-19/h1-15,22-23,26H,16-18H2,(H,25,27)/t22-,23+/m0/s1. The number of ether oxygens (including phenoxy) is 1. The lowest BCUT2D eigenvalue weighted by Crippen LogP contribution is -2.46. The quantitative estimate of drug-likeness (QED) is 0.424. The molecular weight excluding hydrogens is 414 g/mol. The molecule has 3 aromatic carbocycles. The van der Waals surface area contributed by atoms with Gasteiger partial charge in [0.1, 0.15) is 6.61 Å². The fraction of sp³-hybridized carbons (Fsp3) is 0.208. The van der Waals surface area contributed by atoms with E-state index in [4.69, 9.17) is 4.74 Å². The highest BCUT2D eigenvalue weighted by molar-refractivity contribution is 7.99. The van der Waals surface area contributed by atoms with Gasteiger partial charge in [0.05, 0.1) is 12.1 Å². The molecule has 30 heavy (non-hydrogen) atoms. The molecule has 0 heterocycles. The van der Waals surface area contributed by atoms with Crippen LogP contribution in [-0.4, -0.2) is 34.9 Å². The maximum absolute atomic E-state index is 12.4. The maximum Gasteiger partial charge on any atom is 0.407 e. The van der Waals surface area contributed by atoms with E-state index in [1.54, 1.807) is 23.5 Å². The van der Waals surface area contributed by atoms with Gasteiger partial charge in [-0.25, -0.2) is 4.79 Å². The predicted molar refractivity (Wildman–Crippen MR) is 124 cm³/mol. The highest BCUT2D eigenvalue weighted by Gasteiger charge is 2.22. The first-order chi connectivity index (χ1) is 14.7. The highest BCUT2D eigenvalue weighted by atomic mass is 32.2. The van der Waals surface area contributed by atoms with Crippen molar-refractivity contribution in [1.29, 1.82) is 0 Å². The molecule has 0 aromatic heterocycles. The molecule has 0 aliphatic heterocycles. The number of hydrogen-bond donors (Lipinski definition) is 2. The van der Waals surface area contributed by atoms with Crippen LogP contribution in [0.5, 0.6) is 0 Å². The van der Waals surface area contributed by atoms with Crippen LogP contribution in [0.25, 0.3) is 0 Å². The smallest absolute Gasteiger partial charge is 0.407 e. The number of alkyl carbamates (subject to hydrolysis) is 1. The Bertz CT molecular complexity index is 879. The van der Waals surface area contributed by atoms with E-state index in [0.717, 1.165) is 15.4 Å². The first-order valence-electron chi connectivity index (χ1n) is 9.71. The first-order valence-corrected chi connectivity index (χ1v) is 11.7. The lowest BCUT2D eigenvalue weighted by Gasteiger charge is -2.23. The molecule has 0 saturated heterocycles. The molecule has 0 bridgehead atoms. The number of benzene rings is 3. The monoisotopic (exact) mass is 439 g/mol. The van der Waals surface area contributed by atoms with E-state index in [1.165, 1.54) is 0 Å². The van der Waals surface area contributed by atoms with Gasteiger partial charge >= 0.3 is 6.09 Å². The van der Waals surface area contributed by atoms with Crippen molar-refractivity contribution in [2.45, 2.75) is 28.5 Å². The molecule has 3 rings (SSSR count). The van der Waals surface area contributed by atoms with Crippen molar-refractivity contribution in [3.63, 3.8) is 0 Å². The van der Waals surface area contributed by atoms with Crippen molar-refractivity contribution in [2.24, 2.45) is 0 Å². The highest BCUT2D eigenvalue weighted by Crippen LogP contribution is 2.22. The summed E-state index contributed by atoms with van der Waals surface area (Å²) < 4.78 is 5.35. The topological polar surface area (TPSA) is 58.6 Å². The van der Waals surface area contributed by atoms with E-state index in [0.29, 0.717) is 11.5 Å². The SMILES string of the molecule is O=C(N[C@@H](CSc1ccccc1)[C@H](O)CSc1ccccc1)OCc1ccccc1. The number of aliphatic hydroxyl groups excluding tert-OH is 1. The Morgan fingerprint density at radius 3 is 1.87 bits per heavy atom. The number of rotatable bonds is 10. The normalized spacial score (nSPS) is 12.7. The first kappa shape index (κ1) is 22.3. The summed E-state index contributed by atoms with van der Waals surface area (Å²) in [7, 11) is 0. The van der Waals surface area contributed by atoms with Crippen LogP contribution in [-0.2, 0) is 11.3 Å². The summed E-state index contributed by atoms with van der Waals surface area (Å²) in [6.07, 6.45) is -1.24. The van der Waals surface area contributed by atoms with Crippen LogP contribution in [0.4, 0.5) is 4.79 Å². The second-order valence-corrected chi connectivity index (χ2v) is 8.81. The van der Waals surface area contributed by atoms with Gasteiger partial charge in [-0.05, 0) is 29.8 Å². The van der Waals surface area contributed by atoms with E-state index < -0.39 is 18.2 Å². The van der Waals surface area contributed by atoms with Crippen molar-refractivity contribution in [3.8, 4) is 0 Å². The minimum Gasteiger partial charge on any atom is -0.445 e. The molecule has 2 N–H and O–H groups in total. The van der Waals surface area contributed by atoms with Gasteiger partial charge in [0.15, 0.2) is 0 Å². The summed E-state index contributed by atoms with van der Waals surface area (Å²) in [5.41, 5.74) is 0.919. The fourth-order valence-corrected chi connectivity index (χ4v) is 4.65. The van der Waals surface area contributed by atoms with E-state index in [9.17, 15) is 9.90 Å². The zero-order valence-electron chi connectivity index (χ0n) is 16.5. The second kappa shape index (κ2) is 12.3. The van der Waals surface area contributed by atoms with Crippen LogP contribution in [0.1, 0.15) is 5.56 Å². The van der Waals surface area contributed by atoms with Crippen molar-refractivity contribution in [3.05, 3.63) is 96.6 Å². The fourth-order valence-electron chi connectivity index (χ4n) is 2.68. The number of carbonyl (C=O) groups is 1. The Kier molecular flexibility index (Phi) is 9.15. The van der Waals surface area contributed by atoms with Gasteiger partial charge in [-0.1, -0.05) is 66.7 Å². The minimum atomic E-state index is -0.712. The number of thioether (sulfide) groups is 2. The van der Waals surface area contributed by atoms with Crippen molar-refractivity contribution in [1.82, 2.24) is 5.32 Å². The molecule has 0 spiro atoms. The zero-order valence-corrected chi connectivity index (χ0v) is 18.1. The number of carbonyl (C=O) groups excluding carboxylic acids is 1. The lowest BCUT2D eigenvalue weighted by atomic mass is 10.2. The van der Waals surface area contributed by atoms with Crippen LogP contribution < -0.4 is 5.32 Å². The van der Waals surface area contributed by atoms with Gasteiger partial charge < -0.3 is 15.2 Å². The molecule has 0 aliphatic carbocycles. The van der Waals surface area contributed by atoms with Crippen molar-refractivity contribution >= 4 is 29.6 Å². The molecule has 0 unspecified atom stereocenters. The zero-order chi connectivity index (χ0) is 21.0. The Balaban J connectivity index is 1.56. The van der Waals surface area contributed by atoms with Gasteiger partial charge in [-0.3, -0.25) is 0 Å². The van der Waals surface area contributed by atoms with E-state index in [1.807, 2.05) is 91.0 Å². The Morgan fingerprint density at radius 2 is 1.30 bits per heavy atom. The number of amides is 1. The predicted octanol–water partition coefficient (Wildman–Crippen LogP) is 5.23. The van der Waals surface area contributed by atoms with Gasteiger partial charge in [0.2, 0.25) is 0 Å². The summed E-state index contributed by atoms with van der Waals surface area (Å²) in [6, 6.07) is 28.9. The molecule has 4 nitrogen and oxygen atoms in total. The van der Waals surface area contributed by atoms with E-state index in [2.05, 4.69) is 5.32 Å². The van der Waals surface area contributed by atoms with Crippen LogP contribution in [0.15, 0.2) is 101 Å². The summed E-state index contributed by atoms with van der Waals surface area (Å²) in [4.78, 5) is 14.5. The third kappa shape index (κ3) is 7.78. The summed E-state index contributed by atoms with van der Waals surface area (Å²) in [6.45, 7) is 0.195. The molecule has 0 saturated carbocycles. The molecule has 0 fully saturated rings. The van der Waals surface area contributed by atoms with E-state index >= 15 is 0 Å². The van der Waals surface area contributed by atoms with Crippen LogP contribution >= 0.6 is 23.5 Å². The van der Waals surface area contributed by atoms with Gasteiger partial charge in [-0.2, -0.15) is 0 Å². The largest absolute Gasteiger partial charge is 0.445 e. The number of nitrogens with one attached hydrogen (secondary N) is 1. The van der Waals surface area contributed by atoms with Gasteiger partial charge in [-0.15, -0.1) is 23.5 Å². The van der Waals surface area contributed by atoms with Crippen LogP contribution in [0.3, 0.4) is 0 Å². The molecular formula is C24H25NO3S2. The summed E-state index contributed by atoms with van der Waals surface area (Å²) >= 11 is 3.16. The third-order valence-corrected chi connectivity index (χ3v) is 6.56. The molecule has 3 aromatic rings. The minimum absolute atomic E-state index is 0.195. The van der Waals surface area contributed by atoms with E-state index in [-0.39, 0.29) is 6.61 Å². The third-order valence-electron chi connectivity index (χ3n) is 4.32. The number of aliphatic hydroxyl groups is 1. The van der Waals surface area contributed by atoms with Crippen LogP contribution in [0, 0.1) is 0 Å². The molecule has 6 heteroatoms. The van der Waals surface area contributed by atoms with Crippen molar-refractivity contribution < 1.29 is 14.6 Å². The van der Waals surface area contributed by atoms with Crippen molar-refractivity contribution in [2.75, 3.05) is 11.5 Å². The molecule has 1 amide bonds. The van der Waals surface area contributed by atoms with Gasteiger partial charge in [0, 0.05) is 21.3 Å². The summed E-state index contributed by atoms with van der Waals surface area (Å²) in [5.74, 6) is 1.02. The Morgan fingerprint density at radius 1 is 0.800 bits per heavy atom. The molecule has 0 aliphatic rings. The number of hydrogen-bond acceptors (Lipinski definition) is 5. The Hall–Kier alpha value is -2.41. The summed E-state index contributed by atoms with van der Waals surface area (Å²) in [5, 5.41) is 13.6. The second-order valence-electron chi connectivity index (χ2n) is 6.63. The molecule has 0 radical (unpaired) electrons. The maximum atomic E-state index is 12.4. The molecule has 2 atom stereocenters. The average Bonchev–Trinajstić information content (AvgIpc) is 2.81. The average molecular weight is 440 g/mol. The van der Waals surface area contributed by atoms with Crippen LogP contribution in [0.2, 0.25) is 0 Å². The molecule has 156 valence electrons. The van der Waals surface area contributed by atoms with Gasteiger partial charge in [0.25, 0.3) is 0 Å².